The second kappa shape index (κ2) is 11.5. The minimum absolute atomic E-state index is 0.0506. The monoisotopic (exact) mass is 565 g/mol. The van der Waals surface area contributed by atoms with E-state index >= 15 is 0 Å². The predicted octanol–water partition coefficient (Wildman–Crippen LogP) is 2.20. The zero-order chi connectivity index (χ0) is 26.7. The van der Waals surface area contributed by atoms with Crippen molar-refractivity contribution in [3.05, 3.63) is 25.8 Å². The Bertz CT molecular complexity index is 1240. The van der Waals surface area contributed by atoms with Crippen molar-refractivity contribution < 1.29 is 47.3 Å². The van der Waals surface area contributed by atoms with Crippen LogP contribution in [0, 0.1) is 0 Å². The van der Waals surface area contributed by atoms with E-state index in [1.54, 1.807) is 0 Å². The van der Waals surface area contributed by atoms with Gasteiger partial charge < -0.3 is 33.4 Å². The summed E-state index contributed by atoms with van der Waals surface area (Å²) in [5.41, 5.74) is 0.0624. The summed E-state index contributed by atoms with van der Waals surface area (Å²) in [6.45, 7) is 4.19. The average molecular weight is 566 g/mol. The Balaban J connectivity index is 2.07. The number of carbonyl (C=O) groups is 4. The van der Waals surface area contributed by atoms with Crippen molar-refractivity contribution in [3.63, 3.8) is 0 Å². The summed E-state index contributed by atoms with van der Waals surface area (Å²) in [5, 5.41) is 2.34. The second-order valence-electron chi connectivity index (χ2n) is 7.62. The van der Waals surface area contributed by atoms with Crippen molar-refractivity contribution >= 4 is 68.6 Å². The number of amides is 1. The first kappa shape index (κ1) is 27.7. The van der Waals surface area contributed by atoms with Gasteiger partial charge in [-0.2, -0.15) is 0 Å². The van der Waals surface area contributed by atoms with Crippen molar-refractivity contribution in [2.24, 2.45) is 0 Å². The maximum absolute atomic E-state index is 12.0. The Morgan fingerprint density at radius 1 is 1.00 bits per heavy atom. The zero-order valence-electron chi connectivity index (χ0n) is 19.3. The molecule has 36 heavy (non-hydrogen) atoms. The number of nitrogens with one attached hydrogen (secondary N) is 1. The van der Waals surface area contributed by atoms with Gasteiger partial charge in [-0.05, 0) is 0 Å². The normalized spacial score (nSPS) is 23.6. The van der Waals surface area contributed by atoms with Crippen LogP contribution in [0.2, 0.25) is 10.0 Å². The Hall–Kier alpha value is -2.87. The van der Waals surface area contributed by atoms with Gasteiger partial charge in [0.05, 0.1) is 4.70 Å². The van der Waals surface area contributed by atoms with Gasteiger partial charge in [0.25, 0.3) is 0 Å². The highest BCUT2D eigenvalue weighted by atomic mass is 35.5. The number of ether oxygens (including phenoxy) is 5. The summed E-state index contributed by atoms with van der Waals surface area (Å²) in [6, 6.07) is 0.158. The Labute approximate surface area is 217 Å². The topological polar surface area (TPSA) is 157 Å². The molecule has 196 valence electrons. The standard InChI is InChI=1S/C21H21Cl2NO11S/c1-7(25)24-16-19(32-10(4)28)17(31-9(3)27)12(6-30-8(2)26)34-20(16)33-11-5-13-18(15(23)14(11)22)35-21(29)36-13/h5,12,16-17,19-20H,6H2,1-4H3,(H,24,25)/t12-,16-,17+,19+,20-/m0/s1. The molecule has 0 spiro atoms. The molecule has 2 aromatic rings. The van der Waals surface area contributed by atoms with Crippen molar-refractivity contribution in [2.75, 3.05) is 6.61 Å². The van der Waals surface area contributed by atoms with Crippen LogP contribution < -0.4 is 15.0 Å². The van der Waals surface area contributed by atoms with Gasteiger partial charge in [0, 0.05) is 33.8 Å². The minimum Gasteiger partial charge on any atom is -0.463 e. The molecule has 1 N–H and O–H groups in total. The number of hydrogen-bond donors (Lipinski definition) is 1. The van der Waals surface area contributed by atoms with E-state index in [1.165, 1.54) is 13.0 Å². The molecule has 3 rings (SSSR count). The van der Waals surface area contributed by atoms with Crippen LogP contribution >= 0.6 is 34.5 Å². The second-order valence-corrected chi connectivity index (χ2v) is 9.36. The summed E-state index contributed by atoms with van der Waals surface area (Å²) in [4.78, 5) is 58.3. The molecule has 1 aliphatic rings. The molecule has 5 atom stereocenters. The molecule has 0 bridgehead atoms. The number of fused-ring (bicyclic) bond motifs is 1. The van der Waals surface area contributed by atoms with Gasteiger partial charge in [-0.15, -0.1) is 0 Å². The van der Waals surface area contributed by atoms with Crippen molar-refractivity contribution in [1.82, 2.24) is 5.32 Å². The molecule has 1 aromatic heterocycles. The van der Waals surface area contributed by atoms with Gasteiger partial charge in [0.1, 0.15) is 34.5 Å². The number of hydrogen-bond acceptors (Lipinski definition) is 12. The van der Waals surface area contributed by atoms with Crippen LogP contribution in [0.3, 0.4) is 0 Å². The molecule has 12 nitrogen and oxygen atoms in total. The quantitative estimate of drug-likeness (QED) is 0.387. The third-order valence-electron chi connectivity index (χ3n) is 4.79. The first-order chi connectivity index (χ1) is 16.9. The van der Waals surface area contributed by atoms with Gasteiger partial charge in [0.15, 0.2) is 17.8 Å². The molecule has 1 aromatic carbocycles. The average Bonchev–Trinajstić information content (AvgIpc) is 3.13. The van der Waals surface area contributed by atoms with Gasteiger partial charge in [-0.25, -0.2) is 4.79 Å². The molecular formula is C21H21Cl2NO11S. The van der Waals surface area contributed by atoms with Crippen LogP contribution in [0.4, 0.5) is 0 Å². The number of benzene rings is 1. The third kappa shape index (κ3) is 6.46. The van der Waals surface area contributed by atoms with Crippen LogP contribution in [-0.2, 0) is 38.1 Å². The molecule has 1 fully saturated rings. The van der Waals surface area contributed by atoms with E-state index in [1.807, 2.05) is 0 Å². The number of esters is 3. The lowest BCUT2D eigenvalue weighted by Crippen LogP contribution is -2.67. The van der Waals surface area contributed by atoms with E-state index in [0.717, 1.165) is 32.1 Å². The van der Waals surface area contributed by atoms with E-state index in [9.17, 15) is 24.0 Å². The summed E-state index contributed by atoms with van der Waals surface area (Å²) in [6.07, 6.45) is -5.21. The largest absolute Gasteiger partial charge is 0.463 e. The summed E-state index contributed by atoms with van der Waals surface area (Å²) >= 11 is 13.3. The lowest BCUT2D eigenvalue weighted by Gasteiger charge is -2.44. The first-order valence-electron chi connectivity index (χ1n) is 10.4. The first-order valence-corrected chi connectivity index (χ1v) is 11.9. The molecule has 1 saturated heterocycles. The van der Waals surface area contributed by atoms with Crippen LogP contribution in [0.15, 0.2) is 15.3 Å². The van der Waals surface area contributed by atoms with Crippen LogP contribution in [0.25, 0.3) is 10.3 Å². The summed E-state index contributed by atoms with van der Waals surface area (Å²) in [7, 11) is 0. The molecule has 1 amide bonds. The smallest absolute Gasteiger partial charge is 0.396 e. The predicted molar refractivity (Wildman–Crippen MR) is 125 cm³/mol. The van der Waals surface area contributed by atoms with Crippen molar-refractivity contribution in [1.29, 1.82) is 0 Å². The van der Waals surface area contributed by atoms with Crippen LogP contribution in [-0.4, -0.2) is 61.1 Å². The highest BCUT2D eigenvalue weighted by Crippen LogP contribution is 2.41. The molecule has 0 unspecified atom stereocenters. The van der Waals surface area contributed by atoms with Gasteiger partial charge >= 0.3 is 22.8 Å². The molecule has 0 radical (unpaired) electrons. The molecule has 2 heterocycles. The summed E-state index contributed by atoms with van der Waals surface area (Å²) < 4.78 is 33.0. The highest BCUT2D eigenvalue weighted by Gasteiger charge is 2.52. The fraction of sp³-hybridized carbons (Fsp3) is 0.476. The Morgan fingerprint density at radius 2 is 1.64 bits per heavy atom. The maximum atomic E-state index is 12.0. The molecule has 15 heteroatoms. The van der Waals surface area contributed by atoms with Crippen molar-refractivity contribution in [2.45, 2.75) is 58.3 Å². The van der Waals surface area contributed by atoms with Crippen LogP contribution in [0.1, 0.15) is 27.7 Å². The Morgan fingerprint density at radius 3 is 2.22 bits per heavy atom. The van der Waals surface area contributed by atoms with E-state index < -0.39 is 66.0 Å². The van der Waals surface area contributed by atoms with Gasteiger partial charge in [-0.1, -0.05) is 34.5 Å². The Kier molecular flexibility index (Phi) is 8.82. The lowest BCUT2D eigenvalue weighted by molar-refractivity contribution is -0.257. The number of carbonyl (C=O) groups excluding carboxylic acids is 4. The van der Waals surface area contributed by atoms with E-state index in [0.29, 0.717) is 4.70 Å². The SMILES string of the molecule is CC(=O)N[C@@H]1[C@@H](Oc2cc3sc(=O)oc3c(Cl)c2Cl)O[C@@H](COC(C)=O)[C@@H](OC(C)=O)[C@@H]1OC(C)=O. The number of halogens is 2. The number of rotatable bonds is 7. The van der Waals surface area contributed by atoms with Gasteiger partial charge in [-0.3, -0.25) is 19.2 Å². The molecule has 0 saturated carbocycles. The fourth-order valence-electron chi connectivity index (χ4n) is 3.53. The maximum Gasteiger partial charge on any atom is 0.396 e. The van der Waals surface area contributed by atoms with Crippen LogP contribution in [0.5, 0.6) is 5.75 Å². The lowest BCUT2D eigenvalue weighted by atomic mass is 9.96. The zero-order valence-corrected chi connectivity index (χ0v) is 21.7. The summed E-state index contributed by atoms with van der Waals surface area (Å²) in [5.74, 6) is -2.76. The van der Waals surface area contributed by atoms with E-state index in [4.69, 9.17) is 51.3 Å². The molecular weight excluding hydrogens is 545 g/mol. The fourth-order valence-corrected chi connectivity index (χ4v) is 4.71. The molecule has 1 aliphatic heterocycles. The van der Waals surface area contributed by atoms with E-state index in [2.05, 4.69) is 5.32 Å². The minimum atomic E-state index is -1.42. The third-order valence-corrected chi connectivity index (χ3v) is 6.39. The molecule has 0 aliphatic carbocycles. The van der Waals surface area contributed by atoms with E-state index in [-0.39, 0.29) is 21.4 Å². The van der Waals surface area contributed by atoms with Gasteiger partial charge in [0.2, 0.25) is 12.2 Å². The highest BCUT2D eigenvalue weighted by molar-refractivity contribution is 7.16. The van der Waals surface area contributed by atoms with Crippen molar-refractivity contribution in [3.8, 4) is 5.75 Å².